The van der Waals surface area contributed by atoms with E-state index in [1.165, 1.54) is 10.4 Å². The predicted octanol–water partition coefficient (Wildman–Crippen LogP) is 1.91. The second kappa shape index (κ2) is 5.62. The van der Waals surface area contributed by atoms with E-state index in [2.05, 4.69) is 16.5 Å². The van der Waals surface area contributed by atoms with Crippen molar-refractivity contribution in [2.75, 3.05) is 6.54 Å². The van der Waals surface area contributed by atoms with Crippen molar-refractivity contribution in [3.8, 4) is 6.07 Å². The van der Waals surface area contributed by atoms with E-state index in [0.717, 1.165) is 25.2 Å². The van der Waals surface area contributed by atoms with Gasteiger partial charge in [0.1, 0.15) is 6.07 Å². The van der Waals surface area contributed by atoms with Crippen LogP contribution in [0.25, 0.3) is 0 Å². The summed E-state index contributed by atoms with van der Waals surface area (Å²) in [4.78, 5) is 1.19. The lowest BCUT2D eigenvalue weighted by Gasteiger charge is -2.03. The standard InChI is InChI=1S/C12H14N4S/c1-10-6-15-16(8-10)3-2-14-7-12-4-11(5-13)9-17-12/h4,6,8-9,14H,2-3,7H2,1H3. The van der Waals surface area contributed by atoms with Crippen molar-refractivity contribution in [2.24, 2.45) is 0 Å². The second-order valence-corrected chi connectivity index (χ2v) is 4.87. The lowest BCUT2D eigenvalue weighted by Crippen LogP contribution is -2.19. The molecule has 17 heavy (non-hydrogen) atoms. The molecule has 0 radical (unpaired) electrons. The third kappa shape index (κ3) is 3.41. The Labute approximate surface area is 105 Å². The summed E-state index contributed by atoms with van der Waals surface area (Å²) in [6.07, 6.45) is 3.89. The van der Waals surface area contributed by atoms with Crippen molar-refractivity contribution < 1.29 is 0 Å². The molecule has 0 aliphatic rings. The van der Waals surface area contributed by atoms with Crippen molar-refractivity contribution in [1.29, 1.82) is 5.26 Å². The Morgan fingerprint density at radius 2 is 2.47 bits per heavy atom. The molecule has 0 atom stereocenters. The fraction of sp³-hybridized carbons (Fsp3) is 0.333. The van der Waals surface area contributed by atoms with Crippen LogP contribution in [0.2, 0.25) is 0 Å². The van der Waals surface area contributed by atoms with E-state index < -0.39 is 0 Å². The van der Waals surface area contributed by atoms with Crippen molar-refractivity contribution in [1.82, 2.24) is 15.1 Å². The van der Waals surface area contributed by atoms with Gasteiger partial charge in [0.05, 0.1) is 18.3 Å². The highest BCUT2D eigenvalue weighted by Crippen LogP contribution is 2.13. The molecule has 2 aromatic heterocycles. The monoisotopic (exact) mass is 246 g/mol. The minimum atomic E-state index is 0.745. The van der Waals surface area contributed by atoms with Gasteiger partial charge in [0.2, 0.25) is 0 Å². The van der Waals surface area contributed by atoms with Crippen molar-refractivity contribution in [3.05, 3.63) is 39.8 Å². The summed E-state index contributed by atoms with van der Waals surface area (Å²) in [6.45, 7) is 4.59. The molecule has 1 N–H and O–H groups in total. The van der Waals surface area contributed by atoms with Gasteiger partial charge in [-0.15, -0.1) is 11.3 Å². The van der Waals surface area contributed by atoms with Crippen LogP contribution in [-0.4, -0.2) is 16.3 Å². The molecule has 0 saturated heterocycles. The smallest absolute Gasteiger partial charge is 0.100 e. The average molecular weight is 246 g/mol. The predicted molar refractivity (Wildman–Crippen MR) is 67.7 cm³/mol. The number of rotatable bonds is 5. The van der Waals surface area contributed by atoms with Crippen molar-refractivity contribution in [2.45, 2.75) is 20.0 Å². The fourth-order valence-corrected chi connectivity index (χ4v) is 2.31. The van der Waals surface area contributed by atoms with E-state index >= 15 is 0 Å². The van der Waals surface area contributed by atoms with Crippen LogP contribution in [0, 0.1) is 18.3 Å². The van der Waals surface area contributed by atoms with E-state index in [1.54, 1.807) is 11.3 Å². The molecule has 0 amide bonds. The van der Waals surface area contributed by atoms with Gasteiger partial charge >= 0.3 is 0 Å². The molecular weight excluding hydrogens is 232 g/mol. The van der Waals surface area contributed by atoms with Gasteiger partial charge in [0.25, 0.3) is 0 Å². The number of nitrogens with one attached hydrogen (secondary N) is 1. The van der Waals surface area contributed by atoms with Gasteiger partial charge in [0, 0.05) is 29.5 Å². The van der Waals surface area contributed by atoms with Crippen LogP contribution in [0.4, 0.5) is 0 Å². The zero-order chi connectivity index (χ0) is 12.1. The summed E-state index contributed by atoms with van der Waals surface area (Å²) in [5.74, 6) is 0. The van der Waals surface area contributed by atoms with Crippen molar-refractivity contribution >= 4 is 11.3 Å². The summed E-state index contributed by atoms with van der Waals surface area (Å²) in [7, 11) is 0. The maximum Gasteiger partial charge on any atom is 0.100 e. The molecule has 0 aliphatic carbocycles. The maximum absolute atomic E-state index is 8.70. The van der Waals surface area contributed by atoms with Crippen LogP contribution in [0.5, 0.6) is 0 Å². The summed E-state index contributed by atoms with van der Waals surface area (Å²) in [6, 6.07) is 4.06. The lowest BCUT2D eigenvalue weighted by atomic mass is 10.3. The molecule has 2 aromatic rings. The zero-order valence-corrected chi connectivity index (χ0v) is 10.5. The molecule has 0 saturated carbocycles. The molecular formula is C12H14N4S. The van der Waals surface area contributed by atoms with Crippen molar-refractivity contribution in [3.63, 3.8) is 0 Å². The SMILES string of the molecule is Cc1cnn(CCNCc2cc(C#N)cs2)c1. The van der Waals surface area contributed by atoms with E-state index in [1.807, 2.05) is 35.4 Å². The normalized spacial score (nSPS) is 10.4. The van der Waals surface area contributed by atoms with E-state index in [-0.39, 0.29) is 0 Å². The topological polar surface area (TPSA) is 53.6 Å². The number of nitriles is 1. The minimum absolute atomic E-state index is 0.745. The second-order valence-electron chi connectivity index (χ2n) is 3.87. The average Bonchev–Trinajstić information content (AvgIpc) is 2.93. The first kappa shape index (κ1) is 11.8. The highest BCUT2D eigenvalue weighted by Gasteiger charge is 1.98. The first-order chi connectivity index (χ1) is 8.28. The third-order valence-electron chi connectivity index (χ3n) is 2.36. The summed E-state index contributed by atoms with van der Waals surface area (Å²) < 4.78 is 1.93. The van der Waals surface area contributed by atoms with Gasteiger partial charge in [-0.25, -0.2) is 0 Å². The number of hydrogen-bond donors (Lipinski definition) is 1. The molecule has 2 heterocycles. The van der Waals surface area contributed by atoms with Gasteiger partial charge < -0.3 is 5.32 Å². The van der Waals surface area contributed by atoms with Gasteiger partial charge in [-0.05, 0) is 18.6 Å². The summed E-state index contributed by atoms with van der Waals surface area (Å²) in [5, 5.41) is 18.1. The number of nitrogens with zero attached hydrogens (tertiary/aromatic N) is 3. The lowest BCUT2D eigenvalue weighted by molar-refractivity contribution is 0.556. The van der Waals surface area contributed by atoms with Crippen LogP contribution in [-0.2, 0) is 13.1 Å². The Hall–Kier alpha value is -1.64. The van der Waals surface area contributed by atoms with Gasteiger partial charge in [0.15, 0.2) is 0 Å². The van der Waals surface area contributed by atoms with E-state index in [0.29, 0.717) is 0 Å². The Bertz CT molecular complexity index is 521. The summed E-state index contributed by atoms with van der Waals surface area (Å²) in [5.41, 5.74) is 1.93. The van der Waals surface area contributed by atoms with Crippen LogP contribution in [0.1, 0.15) is 16.0 Å². The molecule has 4 nitrogen and oxygen atoms in total. The Morgan fingerprint density at radius 3 is 3.12 bits per heavy atom. The van der Waals surface area contributed by atoms with Crippen LogP contribution in [0.15, 0.2) is 23.8 Å². The largest absolute Gasteiger partial charge is 0.310 e. The Morgan fingerprint density at radius 1 is 1.59 bits per heavy atom. The molecule has 0 bridgehead atoms. The number of thiophene rings is 1. The van der Waals surface area contributed by atoms with Crippen LogP contribution >= 0.6 is 11.3 Å². The Balaban J connectivity index is 1.71. The first-order valence-corrected chi connectivity index (χ1v) is 6.33. The molecule has 0 aromatic carbocycles. The van der Waals surface area contributed by atoms with E-state index in [4.69, 9.17) is 5.26 Å². The maximum atomic E-state index is 8.70. The van der Waals surface area contributed by atoms with Crippen LogP contribution < -0.4 is 5.32 Å². The quantitative estimate of drug-likeness (QED) is 0.820. The molecule has 0 aliphatic heterocycles. The first-order valence-electron chi connectivity index (χ1n) is 5.45. The number of hydrogen-bond acceptors (Lipinski definition) is 4. The molecule has 0 unspecified atom stereocenters. The Kier molecular flexibility index (Phi) is 3.91. The third-order valence-corrected chi connectivity index (χ3v) is 3.30. The summed E-state index contributed by atoms with van der Waals surface area (Å²) >= 11 is 1.62. The fourth-order valence-electron chi connectivity index (χ4n) is 1.53. The molecule has 0 spiro atoms. The molecule has 2 rings (SSSR count). The minimum Gasteiger partial charge on any atom is -0.310 e. The molecule has 0 fully saturated rings. The molecule has 88 valence electrons. The van der Waals surface area contributed by atoms with Gasteiger partial charge in [-0.1, -0.05) is 0 Å². The van der Waals surface area contributed by atoms with Gasteiger partial charge in [-0.2, -0.15) is 10.4 Å². The molecule has 5 heteroatoms. The highest BCUT2D eigenvalue weighted by atomic mass is 32.1. The number of aromatic nitrogens is 2. The van der Waals surface area contributed by atoms with E-state index in [9.17, 15) is 0 Å². The zero-order valence-electron chi connectivity index (χ0n) is 9.68. The van der Waals surface area contributed by atoms with Crippen LogP contribution in [0.3, 0.4) is 0 Å². The highest BCUT2D eigenvalue weighted by molar-refractivity contribution is 7.10. The number of aryl methyl sites for hydroxylation is 1. The van der Waals surface area contributed by atoms with Gasteiger partial charge in [-0.3, -0.25) is 4.68 Å².